The zero-order valence-electron chi connectivity index (χ0n) is 13.2. The van der Waals surface area contributed by atoms with Crippen molar-refractivity contribution in [2.45, 2.75) is 5.16 Å². The van der Waals surface area contributed by atoms with E-state index in [1.165, 1.54) is 21.3 Å². The highest BCUT2D eigenvalue weighted by Gasteiger charge is 2.18. The van der Waals surface area contributed by atoms with Crippen molar-refractivity contribution in [3.05, 3.63) is 12.1 Å². The van der Waals surface area contributed by atoms with Gasteiger partial charge in [-0.2, -0.15) is 0 Å². The van der Waals surface area contributed by atoms with Crippen LogP contribution in [0.15, 0.2) is 17.3 Å². The van der Waals surface area contributed by atoms with E-state index in [4.69, 9.17) is 14.2 Å². The third-order valence-corrected chi connectivity index (χ3v) is 4.07. The number of ether oxygens (including phenoxy) is 3. The summed E-state index contributed by atoms with van der Waals surface area (Å²) in [4.78, 5) is 10.6. The van der Waals surface area contributed by atoms with Crippen molar-refractivity contribution >= 4 is 17.7 Å². The number of carboxylic acids is 1. The second kappa shape index (κ2) is 7.23. The van der Waals surface area contributed by atoms with Crippen molar-refractivity contribution < 1.29 is 24.1 Å². The second-order valence-corrected chi connectivity index (χ2v) is 5.38. The molecule has 0 aliphatic heterocycles. The van der Waals surface area contributed by atoms with Crippen LogP contribution in [0.5, 0.6) is 17.2 Å². The molecule has 0 radical (unpaired) electrons. The number of nitrogens with zero attached hydrogens (tertiary/aromatic N) is 3. The van der Waals surface area contributed by atoms with Gasteiger partial charge in [0.1, 0.15) is 0 Å². The number of hydrogen-bond acceptors (Lipinski definition) is 8. The minimum atomic E-state index is -1.16. The monoisotopic (exact) mass is 338 g/mol. The molecule has 1 aromatic carbocycles. The van der Waals surface area contributed by atoms with E-state index in [0.717, 1.165) is 11.8 Å². The molecule has 9 heteroatoms. The number of aliphatic carboxylic acids is 1. The first kappa shape index (κ1) is 16.9. The molecule has 0 bridgehead atoms. The molecule has 23 heavy (non-hydrogen) atoms. The van der Waals surface area contributed by atoms with Crippen LogP contribution in [-0.2, 0) is 11.8 Å². The van der Waals surface area contributed by atoms with Crippen molar-refractivity contribution in [1.29, 1.82) is 0 Å². The second-order valence-electron chi connectivity index (χ2n) is 4.44. The summed E-state index contributed by atoms with van der Waals surface area (Å²) in [5, 5.41) is 19.1. The largest absolute Gasteiger partial charge is 0.549 e. The van der Waals surface area contributed by atoms with Crippen LogP contribution in [0.1, 0.15) is 0 Å². The molecule has 0 fully saturated rings. The van der Waals surface area contributed by atoms with Crippen molar-refractivity contribution in [2.24, 2.45) is 7.05 Å². The molecule has 8 nitrogen and oxygen atoms in total. The van der Waals surface area contributed by atoms with Gasteiger partial charge in [-0.1, -0.05) is 11.8 Å². The Labute approximate surface area is 137 Å². The SMILES string of the molecule is COc1cc(-c2nnc(SCC(=O)[O-])n2C)cc(OC)c1OC. The molecule has 0 spiro atoms. The van der Waals surface area contributed by atoms with E-state index in [9.17, 15) is 9.90 Å². The van der Waals surface area contributed by atoms with Gasteiger partial charge >= 0.3 is 0 Å². The third kappa shape index (κ3) is 3.50. The predicted octanol–water partition coefficient (Wildman–Crippen LogP) is 0.350. The van der Waals surface area contributed by atoms with Crippen LogP contribution >= 0.6 is 11.8 Å². The molecule has 0 unspecified atom stereocenters. The van der Waals surface area contributed by atoms with E-state index in [-0.39, 0.29) is 5.75 Å². The molecule has 2 aromatic rings. The van der Waals surface area contributed by atoms with Gasteiger partial charge in [-0.3, -0.25) is 0 Å². The predicted molar refractivity (Wildman–Crippen MR) is 81.8 cm³/mol. The maximum atomic E-state index is 10.6. The van der Waals surface area contributed by atoms with Crippen LogP contribution in [0.4, 0.5) is 0 Å². The van der Waals surface area contributed by atoms with Gasteiger partial charge in [0.25, 0.3) is 0 Å². The molecule has 0 amide bonds. The summed E-state index contributed by atoms with van der Waals surface area (Å²) >= 11 is 1.04. The van der Waals surface area contributed by atoms with Gasteiger partial charge in [0, 0.05) is 18.4 Å². The van der Waals surface area contributed by atoms with E-state index >= 15 is 0 Å². The van der Waals surface area contributed by atoms with Crippen LogP contribution in [0.2, 0.25) is 0 Å². The number of aromatic nitrogens is 3. The average Bonchev–Trinajstić information content (AvgIpc) is 2.92. The molecule has 0 N–H and O–H groups in total. The lowest BCUT2D eigenvalue weighted by atomic mass is 10.1. The minimum absolute atomic E-state index is 0.193. The van der Waals surface area contributed by atoms with Gasteiger partial charge in [0.2, 0.25) is 5.75 Å². The fraction of sp³-hybridized carbons (Fsp3) is 0.357. The van der Waals surface area contributed by atoms with Gasteiger partial charge in [-0.15, -0.1) is 10.2 Å². The van der Waals surface area contributed by atoms with Gasteiger partial charge in [-0.25, -0.2) is 0 Å². The Morgan fingerprint density at radius 3 is 2.26 bits per heavy atom. The van der Waals surface area contributed by atoms with Gasteiger partial charge in [-0.05, 0) is 12.1 Å². The van der Waals surface area contributed by atoms with E-state index in [2.05, 4.69) is 10.2 Å². The number of benzene rings is 1. The Kier molecular flexibility index (Phi) is 5.32. The first-order chi connectivity index (χ1) is 11.0. The first-order valence-corrected chi connectivity index (χ1v) is 7.52. The van der Waals surface area contributed by atoms with Crippen LogP contribution in [-0.4, -0.2) is 47.8 Å². The number of carbonyl (C=O) groups is 1. The average molecular weight is 338 g/mol. The molecule has 2 rings (SSSR count). The van der Waals surface area contributed by atoms with Gasteiger partial charge < -0.3 is 28.7 Å². The van der Waals surface area contributed by atoms with E-state index in [1.54, 1.807) is 23.7 Å². The lowest BCUT2D eigenvalue weighted by Gasteiger charge is -2.14. The summed E-state index contributed by atoms with van der Waals surface area (Å²) in [5.41, 5.74) is 0.704. The lowest BCUT2D eigenvalue weighted by Crippen LogP contribution is -2.24. The highest BCUT2D eigenvalue weighted by Crippen LogP contribution is 2.41. The number of methoxy groups -OCH3 is 3. The number of thioether (sulfide) groups is 1. The van der Waals surface area contributed by atoms with Crippen molar-refractivity contribution in [3.8, 4) is 28.6 Å². The van der Waals surface area contributed by atoms with Crippen LogP contribution in [0.25, 0.3) is 11.4 Å². The zero-order valence-corrected chi connectivity index (χ0v) is 14.0. The van der Waals surface area contributed by atoms with Crippen molar-refractivity contribution in [1.82, 2.24) is 14.8 Å². The Morgan fingerprint density at radius 2 is 1.78 bits per heavy atom. The Bertz CT molecular complexity index is 691. The Morgan fingerprint density at radius 1 is 1.17 bits per heavy atom. The fourth-order valence-electron chi connectivity index (χ4n) is 2.03. The minimum Gasteiger partial charge on any atom is -0.549 e. The van der Waals surface area contributed by atoms with Crippen molar-refractivity contribution in [2.75, 3.05) is 27.1 Å². The smallest absolute Gasteiger partial charge is 0.203 e. The van der Waals surface area contributed by atoms with E-state index in [0.29, 0.717) is 33.8 Å². The fourth-order valence-corrected chi connectivity index (χ4v) is 2.65. The summed E-state index contributed by atoms with van der Waals surface area (Å²) in [6.07, 6.45) is 0. The van der Waals surface area contributed by atoms with Crippen LogP contribution in [0.3, 0.4) is 0 Å². The van der Waals surface area contributed by atoms with E-state index < -0.39 is 5.97 Å². The van der Waals surface area contributed by atoms with Crippen LogP contribution in [0, 0.1) is 0 Å². The summed E-state index contributed by atoms with van der Waals surface area (Å²) < 4.78 is 17.6. The molecular formula is C14H16N3O5S-. The molecule has 1 heterocycles. The Balaban J connectivity index is 2.44. The first-order valence-electron chi connectivity index (χ1n) is 6.54. The molecule has 124 valence electrons. The van der Waals surface area contributed by atoms with Crippen molar-refractivity contribution in [3.63, 3.8) is 0 Å². The number of rotatable bonds is 7. The Hall–Kier alpha value is -2.42. The summed E-state index contributed by atoms with van der Waals surface area (Å²) in [6.45, 7) is 0. The van der Waals surface area contributed by atoms with Gasteiger partial charge in [0.15, 0.2) is 22.5 Å². The summed E-state index contributed by atoms with van der Waals surface area (Å²) in [5.74, 6) is 0.661. The molecule has 0 saturated carbocycles. The quantitative estimate of drug-likeness (QED) is 0.667. The highest BCUT2D eigenvalue weighted by molar-refractivity contribution is 7.99. The molecule has 1 aromatic heterocycles. The van der Waals surface area contributed by atoms with E-state index in [1.807, 2.05) is 0 Å². The van der Waals surface area contributed by atoms with Crippen LogP contribution < -0.4 is 19.3 Å². The summed E-state index contributed by atoms with van der Waals surface area (Å²) in [6, 6.07) is 3.50. The topological polar surface area (TPSA) is 98.5 Å². The summed E-state index contributed by atoms with van der Waals surface area (Å²) in [7, 11) is 6.32. The molecule has 0 atom stereocenters. The molecule has 0 saturated heterocycles. The standard InChI is InChI=1S/C14H17N3O5S/c1-17-13(15-16-14(17)23-7-11(18)19)8-5-9(20-2)12(22-4)10(6-8)21-3/h5-6H,7H2,1-4H3,(H,18,19)/p-1. The molecule has 0 aliphatic rings. The lowest BCUT2D eigenvalue weighted by molar-refractivity contribution is -0.301. The maximum absolute atomic E-state index is 10.6. The normalized spacial score (nSPS) is 10.4. The molecular weight excluding hydrogens is 322 g/mol. The molecule has 0 aliphatic carbocycles. The maximum Gasteiger partial charge on any atom is 0.203 e. The highest BCUT2D eigenvalue weighted by atomic mass is 32.2. The van der Waals surface area contributed by atoms with Gasteiger partial charge in [0.05, 0.1) is 27.3 Å². The number of hydrogen-bond donors (Lipinski definition) is 0. The third-order valence-electron chi connectivity index (χ3n) is 3.08. The number of carboxylic acid groups (broad SMARTS) is 1. The number of carbonyl (C=O) groups excluding carboxylic acids is 1. The zero-order chi connectivity index (χ0) is 17.0.